The number of aliphatic hydroxyl groups excluding tert-OH is 1. The second-order valence-corrected chi connectivity index (χ2v) is 13.6. The summed E-state index contributed by atoms with van der Waals surface area (Å²) in [6.07, 6.45) is 0.345. The molecule has 0 radical (unpaired) electrons. The molecule has 8 nitrogen and oxygen atoms in total. The van der Waals surface area contributed by atoms with E-state index >= 15 is 0 Å². The number of halogens is 1. The average Bonchev–Trinajstić information content (AvgIpc) is 3.28. The number of benzene rings is 1. The summed E-state index contributed by atoms with van der Waals surface area (Å²) in [5, 5.41) is 16.0. The lowest BCUT2D eigenvalue weighted by atomic mass is 9.85. The fourth-order valence-corrected chi connectivity index (χ4v) is 5.97. The summed E-state index contributed by atoms with van der Waals surface area (Å²) in [6.45, 7) is 11.9. The normalized spacial score (nSPS) is 20.9. The monoisotopic (exact) mass is 572 g/mol. The van der Waals surface area contributed by atoms with E-state index in [2.05, 4.69) is 35.5 Å². The molecule has 1 aliphatic heterocycles. The third-order valence-electron chi connectivity index (χ3n) is 7.64. The van der Waals surface area contributed by atoms with Crippen LogP contribution in [0.25, 0.3) is 10.4 Å². The van der Waals surface area contributed by atoms with Gasteiger partial charge in [0.2, 0.25) is 11.8 Å². The van der Waals surface area contributed by atoms with E-state index in [4.69, 9.17) is 0 Å². The highest BCUT2D eigenvalue weighted by molar-refractivity contribution is 7.13. The molecule has 2 heterocycles. The Hall–Kier alpha value is -2.85. The van der Waals surface area contributed by atoms with Crippen molar-refractivity contribution in [3.63, 3.8) is 0 Å². The minimum absolute atomic E-state index is 0.0262. The summed E-state index contributed by atoms with van der Waals surface area (Å²) >= 11 is 1.60. The molecular weight excluding hydrogens is 531 g/mol. The summed E-state index contributed by atoms with van der Waals surface area (Å²) in [5.41, 5.74) is 3.38. The zero-order valence-electron chi connectivity index (χ0n) is 24.2. The van der Waals surface area contributed by atoms with Crippen LogP contribution in [0.5, 0.6) is 0 Å². The third kappa shape index (κ3) is 6.71. The Kier molecular flexibility index (Phi) is 8.71. The Morgan fingerprint density at radius 2 is 1.93 bits per heavy atom. The zero-order chi connectivity index (χ0) is 29.4. The lowest BCUT2D eigenvalue weighted by molar-refractivity contribution is -0.145. The largest absolute Gasteiger partial charge is 0.391 e. The van der Waals surface area contributed by atoms with Crippen LogP contribution in [-0.2, 0) is 27.3 Å². The first-order chi connectivity index (χ1) is 18.7. The number of aryl methyl sites for hydroxylation is 1. The molecule has 1 saturated heterocycles. The Bertz CT molecular complexity index is 1270. The van der Waals surface area contributed by atoms with Gasteiger partial charge in [0.1, 0.15) is 12.1 Å². The third-order valence-corrected chi connectivity index (χ3v) is 8.62. The van der Waals surface area contributed by atoms with Crippen LogP contribution >= 0.6 is 11.3 Å². The van der Waals surface area contributed by atoms with Crippen molar-refractivity contribution in [2.75, 3.05) is 6.54 Å². The van der Waals surface area contributed by atoms with Gasteiger partial charge < -0.3 is 20.6 Å². The SMILES string of the molecule is Cc1ncsc1-c1ccc(CNC(=O)[C@@H]2C[C@@H](O)CN2C(=O)[C@@H](NC(=O)C2(F)CC2)C(C)(C)C)c(CC(C)C)c1. The standard InChI is InChI=1S/C30H41FN4O4S/c1-17(2)11-21-12-19(24-18(3)33-16-40-24)7-8-20(21)14-32-26(37)23-13-22(36)15-35(23)27(38)25(29(4,5)6)34-28(39)30(31)9-10-30/h7-8,12,16-17,22-23,25,36H,9-11,13-15H2,1-6H3,(H,32,37)(H,34,39)/t22-,23+,25-/m1/s1. The van der Waals surface area contributed by atoms with Crippen LogP contribution in [0.3, 0.4) is 0 Å². The van der Waals surface area contributed by atoms with Gasteiger partial charge in [-0.05, 0) is 60.3 Å². The Labute approximate surface area is 239 Å². The van der Waals surface area contributed by atoms with Crippen LogP contribution in [0.15, 0.2) is 23.7 Å². The lowest BCUT2D eigenvalue weighted by Crippen LogP contribution is -2.59. The van der Waals surface area contributed by atoms with Crippen LogP contribution in [0.2, 0.25) is 0 Å². The molecule has 2 aromatic rings. The number of hydrogen-bond acceptors (Lipinski definition) is 6. The van der Waals surface area contributed by atoms with Crippen molar-refractivity contribution >= 4 is 29.1 Å². The number of hydrogen-bond donors (Lipinski definition) is 3. The van der Waals surface area contributed by atoms with Gasteiger partial charge in [-0.1, -0.05) is 46.8 Å². The average molecular weight is 573 g/mol. The van der Waals surface area contributed by atoms with Crippen LogP contribution < -0.4 is 10.6 Å². The van der Waals surface area contributed by atoms with Crippen LogP contribution in [0, 0.1) is 18.3 Å². The van der Waals surface area contributed by atoms with Crippen LogP contribution in [0.1, 0.15) is 70.7 Å². The van der Waals surface area contributed by atoms with Gasteiger partial charge in [0.05, 0.1) is 22.2 Å². The van der Waals surface area contributed by atoms with Crippen LogP contribution in [-0.4, -0.2) is 63.1 Å². The number of nitrogens with one attached hydrogen (secondary N) is 2. The highest BCUT2D eigenvalue weighted by atomic mass is 32.1. The van der Waals surface area contributed by atoms with Gasteiger partial charge in [-0.2, -0.15) is 0 Å². The number of rotatable bonds is 9. The highest BCUT2D eigenvalue weighted by Gasteiger charge is 2.53. The highest BCUT2D eigenvalue weighted by Crippen LogP contribution is 2.40. The van der Waals surface area contributed by atoms with Crippen molar-refractivity contribution in [2.24, 2.45) is 11.3 Å². The predicted octanol–water partition coefficient (Wildman–Crippen LogP) is 3.93. The molecule has 2 fully saturated rings. The van der Waals surface area contributed by atoms with Crippen LogP contribution in [0.4, 0.5) is 4.39 Å². The molecule has 0 unspecified atom stereocenters. The van der Waals surface area contributed by atoms with Gasteiger partial charge in [0.25, 0.3) is 5.91 Å². The summed E-state index contributed by atoms with van der Waals surface area (Å²) < 4.78 is 14.4. The van der Waals surface area contributed by atoms with E-state index < -0.39 is 41.1 Å². The van der Waals surface area contributed by atoms with E-state index in [1.165, 1.54) is 4.90 Å². The smallest absolute Gasteiger partial charge is 0.258 e. The van der Waals surface area contributed by atoms with Gasteiger partial charge in [-0.3, -0.25) is 14.4 Å². The van der Waals surface area contributed by atoms with Gasteiger partial charge in [-0.15, -0.1) is 11.3 Å². The van der Waals surface area contributed by atoms with Crippen molar-refractivity contribution < 1.29 is 23.9 Å². The second kappa shape index (κ2) is 11.6. The van der Waals surface area contributed by atoms with Crippen molar-refractivity contribution in [2.45, 2.75) is 97.6 Å². The summed E-state index contributed by atoms with van der Waals surface area (Å²) in [5.74, 6) is -1.25. The number of likely N-dealkylation sites (tertiary alicyclic amines) is 1. The van der Waals surface area contributed by atoms with Crippen molar-refractivity contribution in [3.8, 4) is 10.4 Å². The molecule has 10 heteroatoms. The fraction of sp³-hybridized carbons (Fsp3) is 0.600. The number of carbonyl (C=O) groups excluding carboxylic acids is 3. The molecule has 218 valence electrons. The number of amides is 3. The van der Waals surface area contributed by atoms with Gasteiger partial charge >= 0.3 is 0 Å². The lowest BCUT2D eigenvalue weighted by Gasteiger charge is -2.35. The summed E-state index contributed by atoms with van der Waals surface area (Å²) in [7, 11) is 0. The van der Waals surface area contributed by atoms with Gasteiger partial charge in [-0.25, -0.2) is 9.37 Å². The van der Waals surface area contributed by atoms with Gasteiger partial charge in [0, 0.05) is 19.5 Å². The minimum atomic E-state index is -1.92. The predicted molar refractivity (Wildman–Crippen MR) is 153 cm³/mol. The maximum atomic E-state index is 14.4. The van der Waals surface area contributed by atoms with Crippen molar-refractivity contribution in [1.82, 2.24) is 20.5 Å². The summed E-state index contributed by atoms with van der Waals surface area (Å²) in [6, 6.07) is 4.29. The molecule has 2 aliphatic rings. The number of alkyl halides is 1. The molecule has 0 bridgehead atoms. The number of β-amino-alcohol motifs (C(OH)–C–C–N with tert-alkyl or cyclic N) is 1. The summed E-state index contributed by atoms with van der Waals surface area (Å²) in [4.78, 5) is 46.4. The maximum Gasteiger partial charge on any atom is 0.258 e. The molecule has 4 rings (SSSR count). The molecule has 1 aliphatic carbocycles. The molecule has 0 spiro atoms. The Morgan fingerprint density at radius 3 is 2.50 bits per heavy atom. The first kappa shape index (κ1) is 30.1. The molecule has 1 aromatic heterocycles. The molecule has 1 aromatic carbocycles. The molecule has 3 amide bonds. The van der Waals surface area contributed by atoms with Crippen molar-refractivity contribution in [3.05, 3.63) is 40.5 Å². The number of aliphatic hydroxyl groups is 1. The van der Waals surface area contributed by atoms with E-state index in [-0.39, 0.29) is 38.3 Å². The molecule has 3 atom stereocenters. The van der Waals surface area contributed by atoms with Gasteiger partial charge in [0.15, 0.2) is 5.67 Å². The fourth-order valence-electron chi connectivity index (χ4n) is 5.17. The molecule has 3 N–H and O–H groups in total. The number of aromatic nitrogens is 1. The maximum absolute atomic E-state index is 14.4. The van der Waals surface area contributed by atoms with E-state index in [0.29, 0.717) is 5.92 Å². The topological polar surface area (TPSA) is 112 Å². The number of nitrogens with zero attached hydrogens (tertiary/aromatic N) is 2. The zero-order valence-corrected chi connectivity index (χ0v) is 25.0. The quantitative estimate of drug-likeness (QED) is 0.422. The first-order valence-electron chi connectivity index (χ1n) is 14.0. The Morgan fingerprint density at radius 1 is 1.23 bits per heavy atom. The molecule has 40 heavy (non-hydrogen) atoms. The minimum Gasteiger partial charge on any atom is -0.391 e. The van der Waals surface area contributed by atoms with Crippen molar-refractivity contribution in [1.29, 1.82) is 0 Å². The van der Waals surface area contributed by atoms with E-state index in [1.54, 1.807) is 32.1 Å². The second-order valence-electron chi connectivity index (χ2n) is 12.7. The first-order valence-corrected chi connectivity index (χ1v) is 14.9. The molecular formula is C30H41FN4O4S. The van der Waals surface area contributed by atoms with E-state index in [0.717, 1.165) is 33.7 Å². The van der Waals surface area contributed by atoms with E-state index in [9.17, 15) is 23.9 Å². The Balaban J connectivity index is 1.49. The number of carbonyl (C=O) groups is 3. The number of thiazole rings is 1. The molecule has 1 saturated carbocycles. The van der Waals surface area contributed by atoms with E-state index in [1.807, 2.05) is 24.6 Å².